The largest absolute Gasteiger partial charge is 0.374 e. The average Bonchev–Trinajstić information content (AvgIpc) is 2.93. The summed E-state index contributed by atoms with van der Waals surface area (Å²) < 4.78 is 0. The van der Waals surface area contributed by atoms with Gasteiger partial charge in [-0.25, -0.2) is 9.98 Å². The highest BCUT2D eigenvalue weighted by molar-refractivity contribution is 5.65. The SMILES string of the molecule is CCC(C)N/C=N\c1ccc(-c2c[nH]cn2)cc1. The Morgan fingerprint density at radius 2 is 2.17 bits per heavy atom. The summed E-state index contributed by atoms with van der Waals surface area (Å²) in [5.41, 5.74) is 2.97. The Kier molecular flexibility index (Phi) is 4.12. The van der Waals surface area contributed by atoms with Crippen LogP contribution in [-0.2, 0) is 0 Å². The van der Waals surface area contributed by atoms with E-state index in [0.717, 1.165) is 23.4 Å². The van der Waals surface area contributed by atoms with Crippen molar-refractivity contribution in [2.45, 2.75) is 26.3 Å². The standard InChI is InChI=1S/C14H18N4/c1-3-11(2)16-10-17-13-6-4-12(5-7-13)14-8-15-9-18-14/h4-11H,3H2,1-2H3,(H,15,18)(H,16,17). The van der Waals surface area contributed by atoms with E-state index in [4.69, 9.17) is 0 Å². The molecule has 0 spiro atoms. The van der Waals surface area contributed by atoms with E-state index in [1.807, 2.05) is 30.5 Å². The molecule has 0 amide bonds. The Balaban J connectivity index is 2.00. The summed E-state index contributed by atoms with van der Waals surface area (Å²) in [6.07, 6.45) is 6.40. The van der Waals surface area contributed by atoms with Gasteiger partial charge in [-0.2, -0.15) is 0 Å². The molecular formula is C14H18N4. The second-order valence-corrected chi connectivity index (χ2v) is 4.24. The van der Waals surface area contributed by atoms with Crippen LogP contribution in [0.15, 0.2) is 41.8 Å². The van der Waals surface area contributed by atoms with Gasteiger partial charge in [0.25, 0.3) is 0 Å². The van der Waals surface area contributed by atoms with Gasteiger partial charge in [0.2, 0.25) is 0 Å². The number of H-pyrrole nitrogens is 1. The molecule has 1 unspecified atom stereocenters. The summed E-state index contributed by atoms with van der Waals surface area (Å²) in [4.78, 5) is 11.5. The third-order valence-electron chi connectivity index (χ3n) is 2.85. The van der Waals surface area contributed by atoms with Gasteiger partial charge in [-0.1, -0.05) is 19.1 Å². The zero-order valence-corrected chi connectivity index (χ0v) is 10.7. The normalized spacial score (nSPS) is 12.8. The van der Waals surface area contributed by atoms with Crippen LogP contribution in [0.4, 0.5) is 5.69 Å². The van der Waals surface area contributed by atoms with Crippen molar-refractivity contribution in [3.63, 3.8) is 0 Å². The summed E-state index contributed by atoms with van der Waals surface area (Å²) in [6, 6.07) is 8.47. The number of aromatic nitrogens is 2. The van der Waals surface area contributed by atoms with Gasteiger partial charge in [0, 0.05) is 17.8 Å². The maximum absolute atomic E-state index is 4.35. The first-order chi connectivity index (χ1) is 8.79. The van der Waals surface area contributed by atoms with Crippen LogP contribution in [0, 0.1) is 0 Å². The van der Waals surface area contributed by atoms with Crippen molar-refractivity contribution >= 4 is 12.0 Å². The fourth-order valence-corrected chi connectivity index (χ4v) is 1.49. The number of aromatic amines is 1. The molecule has 0 aliphatic carbocycles. The third-order valence-corrected chi connectivity index (χ3v) is 2.85. The molecule has 4 heteroatoms. The molecule has 18 heavy (non-hydrogen) atoms. The van der Waals surface area contributed by atoms with Crippen LogP contribution < -0.4 is 5.32 Å². The quantitative estimate of drug-likeness (QED) is 0.625. The maximum Gasteiger partial charge on any atom is 0.0927 e. The highest BCUT2D eigenvalue weighted by Crippen LogP contribution is 2.19. The number of benzene rings is 1. The predicted octanol–water partition coefficient (Wildman–Crippen LogP) is 3.12. The number of nitrogens with zero attached hydrogens (tertiary/aromatic N) is 2. The number of hydrogen-bond acceptors (Lipinski definition) is 2. The van der Waals surface area contributed by atoms with Crippen molar-refractivity contribution < 1.29 is 0 Å². The lowest BCUT2D eigenvalue weighted by atomic mass is 10.1. The first-order valence-corrected chi connectivity index (χ1v) is 6.17. The summed E-state index contributed by atoms with van der Waals surface area (Å²) in [6.45, 7) is 4.27. The number of hydrogen-bond donors (Lipinski definition) is 2. The van der Waals surface area contributed by atoms with Crippen LogP contribution in [0.2, 0.25) is 0 Å². The summed E-state index contributed by atoms with van der Waals surface area (Å²) in [5, 5.41) is 3.21. The zero-order valence-electron chi connectivity index (χ0n) is 10.7. The van der Waals surface area contributed by atoms with Crippen LogP contribution in [0.1, 0.15) is 20.3 Å². The van der Waals surface area contributed by atoms with Gasteiger partial charge < -0.3 is 10.3 Å². The first-order valence-electron chi connectivity index (χ1n) is 6.17. The molecule has 2 N–H and O–H groups in total. The Morgan fingerprint density at radius 3 is 2.78 bits per heavy atom. The molecule has 4 nitrogen and oxygen atoms in total. The summed E-state index contributed by atoms with van der Waals surface area (Å²) in [5.74, 6) is 0. The van der Waals surface area contributed by atoms with Crippen molar-refractivity contribution in [1.82, 2.24) is 15.3 Å². The molecule has 0 saturated heterocycles. The Hall–Kier alpha value is -2.10. The van der Waals surface area contributed by atoms with Crippen LogP contribution in [0.3, 0.4) is 0 Å². The fraction of sp³-hybridized carbons (Fsp3) is 0.286. The molecule has 0 radical (unpaired) electrons. The zero-order chi connectivity index (χ0) is 12.8. The lowest BCUT2D eigenvalue weighted by Crippen LogP contribution is -2.22. The molecule has 2 rings (SSSR count). The van der Waals surface area contributed by atoms with Crippen LogP contribution in [0.5, 0.6) is 0 Å². The van der Waals surface area contributed by atoms with E-state index in [2.05, 4.69) is 34.1 Å². The molecular weight excluding hydrogens is 224 g/mol. The van der Waals surface area contributed by atoms with Crippen molar-refractivity contribution in [3.8, 4) is 11.3 Å². The molecule has 1 atom stereocenters. The van der Waals surface area contributed by atoms with E-state index >= 15 is 0 Å². The predicted molar refractivity (Wildman–Crippen MR) is 75.1 cm³/mol. The molecule has 1 aromatic heterocycles. The fourth-order valence-electron chi connectivity index (χ4n) is 1.49. The van der Waals surface area contributed by atoms with Gasteiger partial charge in [-0.05, 0) is 25.5 Å². The minimum Gasteiger partial charge on any atom is -0.374 e. The van der Waals surface area contributed by atoms with E-state index in [0.29, 0.717) is 6.04 Å². The van der Waals surface area contributed by atoms with E-state index in [-0.39, 0.29) is 0 Å². The number of aliphatic imine (C=N–C) groups is 1. The molecule has 0 aliphatic rings. The van der Waals surface area contributed by atoms with Crippen LogP contribution >= 0.6 is 0 Å². The highest BCUT2D eigenvalue weighted by atomic mass is 15.0. The molecule has 1 aromatic carbocycles. The number of rotatable bonds is 5. The van der Waals surface area contributed by atoms with Gasteiger partial charge in [-0.3, -0.25) is 0 Å². The Morgan fingerprint density at radius 1 is 1.39 bits per heavy atom. The minimum absolute atomic E-state index is 0.456. The number of imidazole rings is 1. The first kappa shape index (κ1) is 12.4. The van der Waals surface area contributed by atoms with Crippen molar-refractivity contribution in [2.75, 3.05) is 0 Å². The maximum atomic E-state index is 4.35. The molecule has 0 aliphatic heterocycles. The molecule has 1 heterocycles. The highest BCUT2D eigenvalue weighted by Gasteiger charge is 1.98. The van der Waals surface area contributed by atoms with E-state index in [1.165, 1.54) is 0 Å². The molecule has 0 fully saturated rings. The summed E-state index contributed by atoms with van der Waals surface area (Å²) >= 11 is 0. The third kappa shape index (κ3) is 3.20. The van der Waals surface area contributed by atoms with Crippen molar-refractivity contribution in [1.29, 1.82) is 0 Å². The topological polar surface area (TPSA) is 53.1 Å². The smallest absolute Gasteiger partial charge is 0.0927 e. The molecule has 2 aromatic rings. The lowest BCUT2D eigenvalue weighted by molar-refractivity contribution is 0.649. The second kappa shape index (κ2) is 6.00. The van der Waals surface area contributed by atoms with Crippen molar-refractivity contribution in [3.05, 3.63) is 36.8 Å². The van der Waals surface area contributed by atoms with Gasteiger partial charge >= 0.3 is 0 Å². The number of nitrogens with one attached hydrogen (secondary N) is 2. The van der Waals surface area contributed by atoms with Gasteiger partial charge in [0.05, 0.1) is 24.0 Å². The van der Waals surface area contributed by atoms with Crippen LogP contribution in [0.25, 0.3) is 11.3 Å². The molecule has 94 valence electrons. The summed E-state index contributed by atoms with van der Waals surface area (Å²) in [7, 11) is 0. The van der Waals surface area contributed by atoms with Gasteiger partial charge in [0.1, 0.15) is 0 Å². The van der Waals surface area contributed by atoms with E-state index < -0.39 is 0 Å². The van der Waals surface area contributed by atoms with Crippen LogP contribution in [-0.4, -0.2) is 22.3 Å². The van der Waals surface area contributed by atoms with E-state index in [1.54, 1.807) is 12.7 Å². The van der Waals surface area contributed by atoms with Crippen molar-refractivity contribution in [2.24, 2.45) is 4.99 Å². The lowest BCUT2D eigenvalue weighted by Gasteiger charge is -2.06. The van der Waals surface area contributed by atoms with Gasteiger partial charge in [-0.15, -0.1) is 0 Å². The second-order valence-electron chi connectivity index (χ2n) is 4.24. The minimum atomic E-state index is 0.456. The Bertz CT molecular complexity index is 485. The van der Waals surface area contributed by atoms with Gasteiger partial charge in [0.15, 0.2) is 0 Å². The Labute approximate surface area is 107 Å². The molecule has 0 saturated carbocycles. The monoisotopic (exact) mass is 242 g/mol. The van der Waals surface area contributed by atoms with E-state index in [9.17, 15) is 0 Å². The average molecular weight is 242 g/mol. The molecule has 0 bridgehead atoms.